The van der Waals surface area contributed by atoms with E-state index in [2.05, 4.69) is 59.7 Å². The molecule has 19 heavy (non-hydrogen) atoms. The van der Waals surface area contributed by atoms with Crippen LogP contribution in [0.3, 0.4) is 0 Å². The molecule has 0 radical (unpaired) electrons. The first-order valence-electron chi connectivity index (χ1n) is 6.84. The quantitative estimate of drug-likeness (QED) is 0.545. The SMILES string of the molecule is C/C(=C/C=O)c1cc(C(C)(C)C)cc(C(C)(C)C)c1. The van der Waals surface area contributed by atoms with Crippen molar-refractivity contribution in [2.24, 2.45) is 0 Å². The minimum Gasteiger partial charge on any atom is -0.299 e. The Bertz CT molecular complexity index is 461. The van der Waals surface area contributed by atoms with Crippen LogP contribution in [0.2, 0.25) is 0 Å². The van der Waals surface area contributed by atoms with Crippen LogP contribution < -0.4 is 0 Å². The predicted octanol–water partition coefficient (Wildman–Crippen LogP) is 4.88. The van der Waals surface area contributed by atoms with Crippen molar-refractivity contribution in [2.75, 3.05) is 0 Å². The number of hydrogen-bond acceptors (Lipinski definition) is 1. The van der Waals surface area contributed by atoms with Crippen molar-refractivity contribution in [3.63, 3.8) is 0 Å². The first-order chi connectivity index (χ1) is 8.55. The number of allylic oxidation sites excluding steroid dienone is 2. The van der Waals surface area contributed by atoms with Gasteiger partial charge in [0.05, 0.1) is 0 Å². The second-order valence-electron chi connectivity index (χ2n) is 7.28. The van der Waals surface area contributed by atoms with Crippen molar-refractivity contribution in [1.29, 1.82) is 0 Å². The molecule has 0 fully saturated rings. The van der Waals surface area contributed by atoms with E-state index in [0.29, 0.717) is 0 Å². The Labute approximate surface area is 117 Å². The number of hydrogen-bond donors (Lipinski definition) is 0. The highest BCUT2D eigenvalue weighted by Gasteiger charge is 2.20. The molecule has 1 nitrogen and oxygen atoms in total. The van der Waals surface area contributed by atoms with E-state index < -0.39 is 0 Å². The number of carbonyl (C=O) groups is 1. The molecule has 104 valence electrons. The predicted molar refractivity (Wildman–Crippen MR) is 83.6 cm³/mol. The van der Waals surface area contributed by atoms with Crippen molar-refractivity contribution in [2.45, 2.75) is 59.3 Å². The lowest BCUT2D eigenvalue weighted by Gasteiger charge is -2.26. The third kappa shape index (κ3) is 4.05. The largest absolute Gasteiger partial charge is 0.299 e. The van der Waals surface area contributed by atoms with Gasteiger partial charge in [-0.15, -0.1) is 0 Å². The Hall–Kier alpha value is -1.37. The van der Waals surface area contributed by atoms with Gasteiger partial charge >= 0.3 is 0 Å². The van der Waals surface area contributed by atoms with Gasteiger partial charge in [0.25, 0.3) is 0 Å². The summed E-state index contributed by atoms with van der Waals surface area (Å²) in [5.41, 5.74) is 5.01. The van der Waals surface area contributed by atoms with Crippen molar-refractivity contribution in [3.8, 4) is 0 Å². The summed E-state index contributed by atoms with van der Waals surface area (Å²) in [7, 11) is 0. The molecule has 0 atom stereocenters. The maximum Gasteiger partial charge on any atom is 0.143 e. The van der Waals surface area contributed by atoms with Crippen LogP contribution in [0.4, 0.5) is 0 Å². The van der Waals surface area contributed by atoms with Gasteiger partial charge in [-0.2, -0.15) is 0 Å². The maximum atomic E-state index is 10.7. The highest BCUT2D eigenvalue weighted by Crippen LogP contribution is 2.32. The smallest absolute Gasteiger partial charge is 0.143 e. The Morgan fingerprint density at radius 1 is 0.895 bits per heavy atom. The van der Waals surface area contributed by atoms with Crippen molar-refractivity contribution in [1.82, 2.24) is 0 Å². The van der Waals surface area contributed by atoms with Gasteiger partial charge in [0.2, 0.25) is 0 Å². The molecular formula is C18H26O. The zero-order valence-corrected chi connectivity index (χ0v) is 13.3. The van der Waals surface area contributed by atoms with Crippen LogP contribution in [0, 0.1) is 0 Å². The third-order valence-corrected chi connectivity index (χ3v) is 3.44. The summed E-state index contributed by atoms with van der Waals surface area (Å²) in [4.78, 5) is 10.7. The molecule has 1 heteroatoms. The van der Waals surface area contributed by atoms with E-state index in [4.69, 9.17) is 0 Å². The van der Waals surface area contributed by atoms with E-state index in [0.717, 1.165) is 17.4 Å². The van der Waals surface area contributed by atoms with E-state index >= 15 is 0 Å². The summed E-state index contributed by atoms with van der Waals surface area (Å²) in [6.45, 7) is 15.3. The molecule has 1 aromatic carbocycles. The molecule has 0 aromatic heterocycles. The first-order valence-corrected chi connectivity index (χ1v) is 6.84. The van der Waals surface area contributed by atoms with Gasteiger partial charge in [0, 0.05) is 0 Å². The Morgan fingerprint density at radius 2 is 1.32 bits per heavy atom. The average molecular weight is 258 g/mol. The summed E-state index contributed by atoms with van der Waals surface area (Å²) in [5.74, 6) is 0. The van der Waals surface area contributed by atoms with E-state index in [1.165, 1.54) is 11.1 Å². The lowest BCUT2D eigenvalue weighted by Crippen LogP contribution is -2.16. The summed E-state index contributed by atoms with van der Waals surface area (Å²) >= 11 is 0. The Balaban J connectivity index is 3.50. The van der Waals surface area contributed by atoms with E-state index in [1.54, 1.807) is 6.08 Å². The van der Waals surface area contributed by atoms with Crippen LogP contribution in [0.1, 0.15) is 65.2 Å². The third-order valence-electron chi connectivity index (χ3n) is 3.44. The second-order valence-corrected chi connectivity index (χ2v) is 7.28. The number of rotatable bonds is 2. The van der Waals surface area contributed by atoms with Crippen LogP contribution in [-0.4, -0.2) is 6.29 Å². The normalized spacial score (nSPS) is 13.5. The lowest BCUT2D eigenvalue weighted by atomic mass is 9.79. The van der Waals surface area contributed by atoms with E-state index in [9.17, 15) is 4.79 Å². The van der Waals surface area contributed by atoms with E-state index in [-0.39, 0.29) is 10.8 Å². The van der Waals surface area contributed by atoms with Gasteiger partial charge in [-0.3, -0.25) is 4.79 Å². The van der Waals surface area contributed by atoms with Gasteiger partial charge in [0.1, 0.15) is 6.29 Å². The minimum atomic E-state index is 0.109. The summed E-state index contributed by atoms with van der Waals surface area (Å²) in [6.07, 6.45) is 2.49. The zero-order valence-electron chi connectivity index (χ0n) is 13.3. The standard InChI is InChI=1S/C18H26O/c1-13(8-9-19)14-10-15(17(2,3)4)12-16(11-14)18(5,6)7/h8-12H,1-7H3/b13-8-. The molecule has 0 aliphatic carbocycles. The van der Waals surface area contributed by atoms with Crippen molar-refractivity contribution >= 4 is 11.9 Å². The van der Waals surface area contributed by atoms with Crippen molar-refractivity contribution < 1.29 is 4.79 Å². The Morgan fingerprint density at radius 3 is 1.63 bits per heavy atom. The molecule has 0 N–H and O–H groups in total. The van der Waals surface area contributed by atoms with Crippen LogP contribution in [0.25, 0.3) is 5.57 Å². The molecule has 0 aliphatic rings. The molecule has 0 saturated heterocycles. The fourth-order valence-electron chi connectivity index (χ4n) is 1.92. The van der Waals surface area contributed by atoms with E-state index in [1.807, 2.05) is 6.92 Å². The molecule has 1 aromatic rings. The molecule has 0 spiro atoms. The summed E-state index contributed by atoms with van der Waals surface area (Å²) in [6, 6.07) is 6.69. The molecule has 1 rings (SSSR count). The second kappa shape index (κ2) is 5.32. The fraction of sp³-hybridized carbons (Fsp3) is 0.500. The topological polar surface area (TPSA) is 17.1 Å². The minimum absolute atomic E-state index is 0.109. The average Bonchev–Trinajstić information content (AvgIpc) is 2.26. The monoisotopic (exact) mass is 258 g/mol. The molecule has 0 aliphatic heterocycles. The van der Waals surface area contributed by atoms with Crippen LogP contribution in [0.5, 0.6) is 0 Å². The zero-order chi connectivity index (χ0) is 14.8. The van der Waals surface area contributed by atoms with Gasteiger partial charge in [-0.1, -0.05) is 59.7 Å². The fourth-order valence-corrected chi connectivity index (χ4v) is 1.92. The summed E-state index contributed by atoms with van der Waals surface area (Å²) < 4.78 is 0. The van der Waals surface area contributed by atoms with Gasteiger partial charge in [-0.25, -0.2) is 0 Å². The van der Waals surface area contributed by atoms with Crippen molar-refractivity contribution in [3.05, 3.63) is 41.0 Å². The molecular weight excluding hydrogens is 232 g/mol. The van der Waals surface area contributed by atoms with Crippen LogP contribution in [0.15, 0.2) is 24.3 Å². The molecule has 0 bridgehead atoms. The number of carbonyl (C=O) groups excluding carboxylic acids is 1. The highest BCUT2D eigenvalue weighted by atomic mass is 16.1. The number of aldehydes is 1. The number of benzene rings is 1. The molecule has 0 unspecified atom stereocenters. The van der Waals surface area contributed by atoms with Gasteiger partial charge < -0.3 is 0 Å². The molecule has 0 amide bonds. The van der Waals surface area contributed by atoms with Crippen LogP contribution in [-0.2, 0) is 15.6 Å². The molecule has 0 saturated carbocycles. The molecule has 0 heterocycles. The van der Waals surface area contributed by atoms with Gasteiger partial charge in [0.15, 0.2) is 0 Å². The van der Waals surface area contributed by atoms with Gasteiger partial charge in [-0.05, 0) is 46.1 Å². The maximum absolute atomic E-state index is 10.7. The summed E-state index contributed by atoms with van der Waals surface area (Å²) in [5, 5.41) is 0. The highest BCUT2D eigenvalue weighted by molar-refractivity contribution is 5.81. The first kappa shape index (κ1) is 15.7. The lowest BCUT2D eigenvalue weighted by molar-refractivity contribution is -0.104. The van der Waals surface area contributed by atoms with Crippen LogP contribution >= 0.6 is 0 Å². The Kier molecular flexibility index (Phi) is 4.39.